The lowest BCUT2D eigenvalue weighted by Crippen LogP contribution is -2.54. The number of benzene rings is 1. The molecule has 1 saturated heterocycles. The Hall–Kier alpha value is -3.01. The normalized spacial score (nSPS) is 27.9. The molecule has 0 radical (unpaired) electrons. The minimum Gasteiger partial charge on any atom is -0.490 e. The van der Waals surface area contributed by atoms with Crippen LogP contribution in [0.1, 0.15) is 32.9 Å². The van der Waals surface area contributed by atoms with E-state index in [1.807, 2.05) is 31.2 Å². The summed E-state index contributed by atoms with van der Waals surface area (Å²) in [5.41, 5.74) is 1.25. The van der Waals surface area contributed by atoms with Crippen LogP contribution >= 0.6 is 23.2 Å². The summed E-state index contributed by atoms with van der Waals surface area (Å²) in [5, 5.41) is 1.68. The molecule has 3 atom stereocenters. The molecule has 1 aliphatic heterocycles. The van der Waals surface area contributed by atoms with Crippen molar-refractivity contribution in [3.63, 3.8) is 0 Å². The maximum absolute atomic E-state index is 11.9. The molecule has 1 spiro atoms. The molecule has 2 fully saturated rings. The summed E-state index contributed by atoms with van der Waals surface area (Å²) >= 11 is 12.2. The van der Waals surface area contributed by atoms with Crippen molar-refractivity contribution >= 4 is 51.2 Å². The van der Waals surface area contributed by atoms with Gasteiger partial charge in [-0.15, -0.1) is 0 Å². The van der Waals surface area contributed by atoms with Gasteiger partial charge in [-0.1, -0.05) is 30.1 Å². The van der Waals surface area contributed by atoms with Gasteiger partial charge in [0.05, 0.1) is 17.4 Å². The van der Waals surface area contributed by atoms with Crippen molar-refractivity contribution in [2.45, 2.75) is 50.7 Å². The number of hydrogen-bond donors (Lipinski definition) is 0. The summed E-state index contributed by atoms with van der Waals surface area (Å²) in [7, 11) is 0. The van der Waals surface area contributed by atoms with Gasteiger partial charge in [0.15, 0.2) is 23.1 Å². The minimum atomic E-state index is -0.599. The van der Waals surface area contributed by atoms with Crippen LogP contribution in [0.4, 0.5) is 0 Å². The van der Waals surface area contributed by atoms with Crippen LogP contribution in [0, 0.1) is 5.92 Å². The minimum absolute atomic E-state index is 0.0536. The van der Waals surface area contributed by atoms with Crippen LogP contribution in [0.25, 0.3) is 22.1 Å². The number of pyridine rings is 1. The fourth-order valence-electron chi connectivity index (χ4n) is 5.14. The van der Waals surface area contributed by atoms with Crippen molar-refractivity contribution in [1.82, 2.24) is 24.5 Å². The van der Waals surface area contributed by atoms with Gasteiger partial charge in [-0.2, -0.15) is 0 Å². The van der Waals surface area contributed by atoms with Gasteiger partial charge in [0.25, 0.3) is 0 Å². The van der Waals surface area contributed by atoms with E-state index in [-0.39, 0.29) is 23.1 Å². The third-order valence-electron chi connectivity index (χ3n) is 6.93. The smallest absolute Gasteiger partial charge is 0.303 e. The first-order valence-electron chi connectivity index (χ1n) is 11.2. The molecule has 180 valence electrons. The highest BCUT2D eigenvalue weighted by atomic mass is 35.5. The van der Waals surface area contributed by atoms with Gasteiger partial charge < -0.3 is 14.2 Å². The van der Waals surface area contributed by atoms with Crippen LogP contribution in [0.5, 0.6) is 5.75 Å². The molecular formula is C24H21Cl2N5O4. The monoisotopic (exact) mass is 513 g/mol. The largest absolute Gasteiger partial charge is 0.490 e. The second-order valence-electron chi connectivity index (χ2n) is 9.06. The molecule has 9 nitrogen and oxygen atoms in total. The van der Waals surface area contributed by atoms with Gasteiger partial charge in [0.1, 0.15) is 28.9 Å². The molecule has 4 aromatic rings. The van der Waals surface area contributed by atoms with Crippen molar-refractivity contribution in [3.05, 3.63) is 53.3 Å². The zero-order valence-corrected chi connectivity index (χ0v) is 20.4. The predicted molar refractivity (Wildman–Crippen MR) is 128 cm³/mol. The summed E-state index contributed by atoms with van der Waals surface area (Å²) in [6.07, 6.45) is 3.08. The number of aromatic nitrogens is 5. The van der Waals surface area contributed by atoms with E-state index in [1.165, 1.54) is 13.3 Å². The van der Waals surface area contributed by atoms with Crippen LogP contribution < -0.4 is 4.74 Å². The number of esters is 1. The molecule has 1 aromatic carbocycles. The van der Waals surface area contributed by atoms with Crippen LogP contribution in [0.2, 0.25) is 10.3 Å². The molecule has 6 rings (SSSR count). The predicted octanol–water partition coefficient (Wildman–Crippen LogP) is 4.76. The standard InChI is InChI=1S/C24H21Cl2N5O4/c1-12-20(33-13(2)32)23(31-11-29-19-21(26)27-10-28-22(19)31)35-24(12)8-16(9-24)34-15-5-3-14-4-6-18(25)30-17(14)7-15/h3-7,10-12,16,20,23H,8-9H2,1-2H3/t12-,16-,20?,23+,24+/m0/s1. The van der Waals surface area contributed by atoms with E-state index in [4.69, 9.17) is 37.4 Å². The molecule has 0 amide bonds. The van der Waals surface area contributed by atoms with Crippen LogP contribution in [0.15, 0.2) is 43.0 Å². The average molecular weight is 514 g/mol. The summed E-state index contributed by atoms with van der Waals surface area (Å²) < 4.78 is 20.3. The van der Waals surface area contributed by atoms with E-state index >= 15 is 0 Å². The third kappa shape index (κ3) is 3.78. The Morgan fingerprint density at radius 3 is 2.77 bits per heavy atom. The van der Waals surface area contributed by atoms with Gasteiger partial charge in [0, 0.05) is 37.1 Å². The number of rotatable bonds is 4. The molecule has 1 aliphatic carbocycles. The van der Waals surface area contributed by atoms with E-state index in [0.29, 0.717) is 29.2 Å². The molecule has 35 heavy (non-hydrogen) atoms. The fourth-order valence-corrected chi connectivity index (χ4v) is 5.47. The van der Waals surface area contributed by atoms with Gasteiger partial charge in [-0.25, -0.2) is 19.9 Å². The average Bonchev–Trinajstić information content (AvgIpc) is 3.34. The Balaban J connectivity index is 1.24. The topological polar surface area (TPSA) is 101 Å². The molecular weight excluding hydrogens is 493 g/mol. The van der Waals surface area contributed by atoms with Gasteiger partial charge >= 0.3 is 5.97 Å². The summed E-state index contributed by atoms with van der Waals surface area (Å²) in [4.78, 5) is 29.0. The van der Waals surface area contributed by atoms with Gasteiger partial charge in [-0.3, -0.25) is 9.36 Å². The number of ether oxygens (including phenoxy) is 3. The molecule has 4 heterocycles. The Kier molecular flexibility index (Phi) is 5.32. The number of carbonyl (C=O) groups excluding carboxylic acids is 1. The zero-order valence-electron chi connectivity index (χ0n) is 18.9. The van der Waals surface area contributed by atoms with E-state index in [9.17, 15) is 4.79 Å². The first kappa shape index (κ1) is 22.5. The number of hydrogen-bond acceptors (Lipinski definition) is 8. The summed E-state index contributed by atoms with van der Waals surface area (Å²) in [6, 6.07) is 9.46. The lowest BCUT2D eigenvalue weighted by atomic mass is 9.69. The number of fused-ring (bicyclic) bond motifs is 2. The Labute approximate surface area is 210 Å². The zero-order chi connectivity index (χ0) is 24.3. The SMILES string of the molecule is CC(=O)OC1[C@H](n2cnc3c(Cl)ncnc32)O[C@]2(C[C@@H](Oc3ccc4ccc(Cl)nc4c3)C2)[C@H]1C. The second-order valence-corrected chi connectivity index (χ2v) is 9.81. The van der Waals surface area contributed by atoms with Crippen LogP contribution in [0.3, 0.4) is 0 Å². The fraction of sp³-hybridized carbons (Fsp3) is 0.375. The Bertz CT molecular complexity index is 1450. The second kappa shape index (κ2) is 8.29. The van der Waals surface area contributed by atoms with E-state index < -0.39 is 17.9 Å². The van der Waals surface area contributed by atoms with Crippen molar-refractivity contribution in [2.24, 2.45) is 5.92 Å². The van der Waals surface area contributed by atoms with Crippen molar-refractivity contribution in [2.75, 3.05) is 0 Å². The van der Waals surface area contributed by atoms with Crippen molar-refractivity contribution < 1.29 is 19.0 Å². The maximum atomic E-state index is 11.9. The molecule has 1 saturated carbocycles. The highest BCUT2D eigenvalue weighted by Crippen LogP contribution is 2.54. The maximum Gasteiger partial charge on any atom is 0.303 e. The number of nitrogens with zero attached hydrogens (tertiary/aromatic N) is 5. The van der Waals surface area contributed by atoms with E-state index in [1.54, 1.807) is 17.0 Å². The van der Waals surface area contributed by atoms with Crippen molar-refractivity contribution in [1.29, 1.82) is 0 Å². The molecule has 0 bridgehead atoms. The molecule has 2 aliphatic rings. The van der Waals surface area contributed by atoms with Crippen molar-refractivity contribution in [3.8, 4) is 5.75 Å². The Morgan fingerprint density at radius 2 is 1.97 bits per heavy atom. The number of carbonyl (C=O) groups is 1. The highest BCUT2D eigenvalue weighted by Gasteiger charge is 2.62. The lowest BCUT2D eigenvalue weighted by Gasteiger charge is -2.46. The number of imidazole rings is 1. The quantitative estimate of drug-likeness (QED) is 0.218. The van der Waals surface area contributed by atoms with E-state index in [2.05, 4.69) is 19.9 Å². The first-order chi connectivity index (χ1) is 16.8. The highest BCUT2D eigenvalue weighted by molar-refractivity contribution is 6.33. The van der Waals surface area contributed by atoms with E-state index in [0.717, 1.165) is 16.7 Å². The Morgan fingerprint density at radius 1 is 1.17 bits per heavy atom. The van der Waals surface area contributed by atoms with Crippen LogP contribution in [-0.2, 0) is 14.3 Å². The molecule has 11 heteroatoms. The molecule has 1 unspecified atom stereocenters. The molecule has 0 N–H and O–H groups in total. The summed E-state index contributed by atoms with van der Waals surface area (Å²) in [5.74, 6) is 0.264. The molecule has 3 aromatic heterocycles. The van der Waals surface area contributed by atoms with Gasteiger partial charge in [-0.05, 0) is 24.3 Å². The first-order valence-corrected chi connectivity index (χ1v) is 12.0. The number of halogens is 2. The summed E-state index contributed by atoms with van der Waals surface area (Å²) in [6.45, 7) is 3.43. The van der Waals surface area contributed by atoms with Gasteiger partial charge in [0.2, 0.25) is 0 Å². The third-order valence-corrected chi connectivity index (χ3v) is 7.42. The lowest BCUT2D eigenvalue weighted by molar-refractivity contribution is -0.171. The van der Waals surface area contributed by atoms with Crippen LogP contribution in [-0.4, -0.2) is 48.3 Å².